The van der Waals surface area contributed by atoms with Gasteiger partial charge in [-0.15, -0.1) is 0 Å². The standard InChI is InChI=1S/C15H15BrF2O/c1-15-4-2-3-9(15)13(10(16)7-15)8-5-11(17)14(19)12(18)6-8/h5-7,9,13,19H,2-4H2,1H3. The van der Waals surface area contributed by atoms with Crippen LogP contribution in [0.15, 0.2) is 22.7 Å². The van der Waals surface area contributed by atoms with Gasteiger partial charge in [0.2, 0.25) is 0 Å². The Balaban J connectivity index is 2.06. The van der Waals surface area contributed by atoms with Gasteiger partial charge in [-0.1, -0.05) is 35.4 Å². The van der Waals surface area contributed by atoms with Crippen molar-refractivity contribution in [2.75, 3.05) is 0 Å². The molecule has 1 N–H and O–H groups in total. The van der Waals surface area contributed by atoms with Crippen LogP contribution in [-0.2, 0) is 0 Å². The van der Waals surface area contributed by atoms with Crippen molar-refractivity contribution in [3.05, 3.63) is 39.9 Å². The number of aromatic hydroxyl groups is 1. The Bertz CT molecular complexity index is 546. The predicted octanol–water partition coefficient (Wildman–Crippen LogP) is 4.85. The van der Waals surface area contributed by atoms with E-state index in [1.807, 2.05) is 0 Å². The van der Waals surface area contributed by atoms with Crippen molar-refractivity contribution in [3.63, 3.8) is 0 Å². The lowest BCUT2D eigenvalue weighted by molar-refractivity contribution is 0.308. The second kappa shape index (κ2) is 4.30. The summed E-state index contributed by atoms with van der Waals surface area (Å²) in [6.45, 7) is 2.21. The minimum atomic E-state index is -0.893. The summed E-state index contributed by atoms with van der Waals surface area (Å²) >= 11 is 3.55. The molecule has 4 heteroatoms. The zero-order valence-corrected chi connectivity index (χ0v) is 12.2. The average molecular weight is 329 g/mol. The molecule has 0 radical (unpaired) electrons. The van der Waals surface area contributed by atoms with E-state index in [-0.39, 0.29) is 11.3 Å². The molecule has 2 aliphatic carbocycles. The third-order valence-electron chi connectivity index (χ3n) is 4.64. The quantitative estimate of drug-likeness (QED) is 0.781. The zero-order chi connectivity index (χ0) is 13.8. The molecule has 0 spiro atoms. The van der Waals surface area contributed by atoms with Crippen LogP contribution in [0.3, 0.4) is 0 Å². The van der Waals surface area contributed by atoms with Crippen LogP contribution in [0.25, 0.3) is 0 Å². The number of hydrogen-bond donors (Lipinski definition) is 1. The normalized spacial score (nSPS) is 33.4. The molecule has 102 valence electrons. The minimum Gasteiger partial charge on any atom is -0.503 e. The van der Waals surface area contributed by atoms with Gasteiger partial charge in [0.1, 0.15) is 0 Å². The van der Waals surface area contributed by atoms with Crippen LogP contribution in [0.5, 0.6) is 5.75 Å². The number of phenolic OH excluding ortho intramolecular Hbond substituents is 1. The van der Waals surface area contributed by atoms with E-state index in [9.17, 15) is 13.9 Å². The molecule has 2 aliphatic rings. The van der Waals surface area contributed by atoms with Crippen molar-refractivity contribution in [1.29, 1.82) is 0 Å². The molecule has 1 nitrogen and oxygen atoms in total. The molecule has 1 saturated carbocycles. The topological polar surface area (TPSA) is 20.2 Å². The Labute approximate surface area is 119 Å². The van der Waals surface area contributed by atoms with Gasteiger partial charge in [-0.2, -0.15) is 0 Å². The minimum absolute atomic E-state index is 0.00269. The van der Waals surface area contributed by atoms with E-state index in [0.29, 0.717) is 11.5 Å². The van der Waals surface area contributed by atoms with Crippen molar-refractivity contribution < 1.29 is 13.9 Å². The van der Waals surface area contributed by atoms with Crippen LogP contribution in [0.2, 0.25) is 0 Å². The highest BCUT2D eigenvalue weighted by molar-refractivity contribution is 9.11. The number of phenols is 1. The highest BCUT2D eigenvalue weighted by Gasteiger charge is 2.48. The molecule has 0 heterocycles. The number of fused-ring (bicyclic) bond motifs is 1. The smallest absolute Gasteiger partial charge is 0.187 e. The summed E-state index contributed by atoms with van der Waals surface area (Å²) in [7, 11) is 0. The largest absolute Gasteiger partial charge is 0.503 e. The fourth-order valence-corrected chi connectivity index (χ4v) is 4.80. The van der Waals surface area contributed by atoms with Crippen molar-refractivity contribution in [3.8, 4) is 5.75 Å². The first-order valence-corrected chi connectivity index (χ1v) is 7.28. The summed E-state index contributed by atoms with van der Waals surface area (Å²) in [4.78, 5) is 0. The molecular formula is C15H15BrF2O. The van der Waals surface area contributed by atoms with E-state index >= 15 is 0 Å². The van der Waals surface area contributed by atoms with Crippen molar-refractivity contribution in [2.24, 2.45) is 11.3 Å². The molecule has 1 fully saturated rings. The molecule has 3 unspecified atom stereocenters. The van der Waals surface area contributed by atoms with Crippen molar-refractivity contribution in [1.82, 2.24) is 0 Å². The fraction of sp³-hybridized carbons (Fsp3) is 0.467. The average Bonchev–Trinajstić information content (AvgIpc) is 2.78. The lowest BCUT2D eigenvalue weighted by Gasteiger charge is -2.27. The summed E-state index contributed by atoms with van der Waals surface area (Å²) in [6, 6.07) is 2.50. The van der Waals surface area contributed by atoms with Crippen LogP contribution in [-0.4, -0.2) is 5.11 Å². The van der Waals surface area contributed by atoms with Gasteiger partial charge in [-0.05, 0) is 46.4 Å². The van der Waals surface area contributed by atoms with Crippen LogP contribution in [0, 0.1) is 23.0 Å². The van der Waals surface area contributed by atoms with Crippen LogP contribution < -0.4 is 0 Å². The predicted molar refractivity (Wildman–Crippen MR) is 73.2 cm³/mol. The van der Waals surface area contributed by atoms with E-state index in [1.165, 1.54) is 12.1 Å². The lowest BCUT2D eigenvalue weighted by atomic mass is 9.77. The van der Waals surface area contributed by atoms with Crippen LogP contribution in [0.4, 0.5) is 8.78 Å². The molecule has 3 atom stereocenters. The second-order valence-electron chi connectivity index (χ2n) is 5.84. The highest BCUT2D eigenvalue weighted by atomic mass is 79.9. The van der Waals surface area contributed by atoms with Gasteiger partial charge in [0.25, 0.3) is 0 Å². The summed E-state index contributed by atoms with van der Waals surface area (Å²) in [6.07, 6.45) is 5.53. The van der Waals surface area contributed by atoms with Gasteiger partial charge < -0.3 is 5.11 Å². The molecular weight excluding hydrogens is 314 g/mol. The maximum atomic E-state index is 13.5. The van der Waals surface area contributed by atoms with E-state index < -0.39 is 17.4 Å². The molecule has 1 aromatic rings. The molecule has 1 aromatic carbocycles. The lowest BCUT2D eigenvalue weighted by Crippen LogP contribution is -2.19. The van der Waals surface area contributed by atoms with Gasteiger partial charge in [-0.25, -0.2) is 8.78 Å². The summed E-state index contributed by atoms with van der Waals surface area (Å²) < 4.78 is 28.1. The van der Waals surface area contributed by atoms with Gasteiger partial charge in [0.15, 0.2) is 17.4 Å². The van der Waals surface area contributed by atoms with E-state index in [1.54, 1.807) is 0 Å². The third-order valence-corrected chi connectivity index (χ3v) is 5.37. The van der Waals surface area contributed by atoms with Gasteiger partial charge in [0, 0.05) is 5.92 Å². The molecule has 0 bridgehead atoms. The number of allylic oxidation sites excluding steroid dienone is 2. The third kappa shape index (κ3) is 1.92. The fourth-order valence-electron chi connectivity index (χ4n) is 3.70. The molecule has 0 amide bonds. The molecule has 19 heavy (non-hydrogen) atoms. The van der Waals surface area contributed by atoms with Crippen LogP contribution in [0.1, 0.15) is 37.7 Å². The highest BCUT2D eigenvalue weighted by Crippen LogP contribution is 2.60. The van der Waals surface area contributed by atoms with Gasteiger partial charge in [-0.3, -0.25) is 0 Å². The number of rotatable bonds is 1. The first kappa shape index (κ1) is 13.1. The Morgan fingerprint density at radius 1 is 1.32 bits per heavy atom. The van der Waals surface area contributed by atoms with Gasteiger partial charge >= 0.3 is 0 Å². The Hall–Kier alpha value is -0.900. The summed E-state index contributed by atoms with van der Waals surface area (Å²) in [5.41, 5.74) is 0.723. The Morgan fingerprint density at radius 3 is 2.58 bits per heavy atom. The number of benzene rings is 1. The molecule has 0 saturated heterocycles. The van der Waals surface area contributed by atoms with Gasteiger partial charge in [0.05, 0.1) is 0 Å². The SMILES string of the molecule is CC12C=C(Br)C(c3cc(F)c(O)c(F)c3)C1CCC2. The zero-order valence-electron chi connectivity index (χ0n) is 10.6. The van der Waals surface area contributed by atoms with E-state index in [2.05, 4.69) is 28.9 Å². The summed E-state index contributed by atoms with van der Waals surface area (Å²) in [5, 5.41) is 9.20. The first-order valence-electron chi connectivity index (χ1n) is 6.48. The maximum Gasteiger partial charge on any atom is 0.187 e. The van der Waals surface area contributed by atoms with Crippen molar-refractivity contribution in [2.45, 2.75) is 32.1 Å². The Kier molecular flexibility index (Phi) is 2.97. The Morgan fingerprint density at radius 2 is 1.95 bits per heavy atom. The maximum absolute atomic E-state index is 13.5. The van der Waals surface area contributed by atoms with E-state index in [4.69, 9.17) is 0 Å². The number of hydrogen-bond acceptors (Lipinski definition) is 1. The molecule has 3 rings (SSSR count). The second-order valence-corrected chi connectivity index (χ2v) is 6.76. The van der Waals surface area contributed by atoms with Crippen molar-refractivity contribution >= 4 is 15.9 Å². The van der Waals surface area contributed by atoms with E-state index in [0.717, 1.165) is 23.7 Å². The monoisotopic (exact) mass is 328 g/mol. The number of halogens is 3. The first-order chi connectivity index (χ1) is 8.92. The molecule has 0 aromatic heterocycles. The summed E-state index contributed by atoms with van der Waals surface area (Å²) in [5.74, 6) is -2.29. The van der Waals surface area contributed by atoms with Crippen LogP contribution >= 0.6 is 15.9 Å². The molecule has 0 aliphatic heterocycles.